The lowest BCUT2D eigenvalue weighted by atomic mass is 9.91. The van der Waals surface area contributed by atoms with Crippen molar-refractivity contribution in [1.29, 1.82) is 0 Å². The fourth-order valence-electron chi connectivity index (χ4n) is 2.12. The van der Waals surface area contributed by atoms with Gasteiger partial charge in [-0.3, -0.25) is 9.59 Å². The molecule has 0 aliphatic carbocycles. The van der Waals surface area contributed by atoms with E-state index in [-0.39, 0.29) is 18.4 Å². The molecule has 2 atom stereocenters. The minimum absolute atomic E-state index is 0.0866. The topological polar surface area (TPSA) is 89.9 Å². The van der Waals surface area contributed by atoms with Crippen molar-refractivity contribution in [2.75, 3.05) is 18.4 Å². The van der Waals surface area contributed by atoms with E-state index in [1.165, 1.54) is 23.2 Å². The van der Waals surface area contributed by atoms with Crippen molar-refractivity contribution >= 4 is 28.8 Å². The minimum atomic E-state index is -1.16. The number of hydrogen-bond acceptors (Lipinski definition) is 5. The summed E-state index contributed by atoms with van der Waals surface area (Å²) in [7, 11) is 0. The molecule has 7 heteroatoms. The van der Waals surface area contributed by atoms with Crippen molar-refractivity contribution < 1.29 is 19.8 Å². The molecule has 0 bridgehead atoms. The molecule has 1 fully saturated rings. The number of piperidine rings is 1. The number of nitrogens with one attached hydrogen (secondary N) is 1. The molecule has 1 aliphatic rings. The fraction of sp³-hybridized carbons (Fsp3) is 0.538. The van der Waals surface area contributed by atoms with Gasteiger partial charge in [0.2, 0.25) is 5.91 Å². The zero-order valence-electron chi connectivity index (χ0n) is 11.4. The first kappa shape index (κ1) is 15.0. The lowest BCUT2D eigenvalue weighted by Gasteiger charge is -2.39. The predicted octanol–water partition coefficient (Wildman–Crippen LogP) is 0.664. The highest BCUT2D eigenvalue weighted by atomic mass is 32.1. The predicted molar refractivity (Wildman–Crippen MR) is 75.8 cm³/mol. The van der Waals surface area contributed by atoms with Crippen molar-refractivity contribution in [1.82, 2.24) is 4.90 Å². The van der Waals surface area contributed by atoms with Crippen LogP contribution in [0, 0.1) is 0 Å². The van der Waals surface area contributed by atoms with Crippen LogP contribution in [0.15, 0.2) is 11.4 Å². The van der Waals surface area contributed by atoms with Crippen LogP contribution in [0.5, 0.6) is 0 Å². The van der Waals surface area contributed by atoms with Crippen LogP contribution in [0.1, 0.15) is 29.9 Å². The van der Waals surface area contributed by atoms with Crippen molar-refractivity contribution in [3.63, 3.8) is 0 Å². The van der Waals surface area contributed by atoms with Crippen LogP contribution < -0.4 is 5.32 Å². The Morgan fingerprint density at radius 1 is 1.55 bits per heavy atom. The van der Waals surface area contributed by atoms with Crippen molar-refractivity contribution in [3.05, 3.63) is 16.3 Å². The van der Waals surface area contributed by atoms with Gasteiger partial charge in [0, 0.05) is 20.0 Å². The summed E-state index contributed by atoms with van der Waals surface area (Å²) < 4.78 is 0. The molecule has 1 saturated heterocycles. The molecule has 20 heavy (non-hydrogen) atoms. The number of rotatable bonds is 2. The number of hydrogen-bond donors (Lipinski definition) is 3. The van der Waals surface area contributed by atoms with Gasteiger partial charge in [-0.25, -0.2) is 0 Å². The molecule has 2 rings (SSSR count). The number of aliphatic hydroxyl groups excluding tert-OH is 1. The van der Waals surface area contributed by atoms with Crippen LogP contribution in [-0.4, -0.2) is 51.7 Å². The summed E-state index contributed by atoms with van der Waals surface area (Å²) in [5.74, 6) is -0.475. The Bertz CT molecular complexity index is 526. The number of carbonyl (C=O) groups is 2. The molecule has 110 valence electrons. The standard InChI is InChI=1S/C13H18N2O4S/c1-8(16)14-9-3-6-20-11(9)12(18)15-5-4-13(2,19)10(17)7-15/h3,6,10,17,19H,4-5,7H2,1-2H3,(H,14,16)/t10-,13+/m1/s1. The van der Waals surface area contributed by atoms with E-state index >= 15 is 0 Å². The highest BCUT2D eigenvalue weighted by Gasteiger charge is 2.38. The first-order chi connectivity index (χ1) is 9.31. The minimum Gasteiger partial charge on any atom is -0.388 e. The second-order valence-corrected chi connectivity index (χ2v) is 6.13. The summed E-state index contributed by atoms with van der Waals surface area (Å²) in [4.78, 5) is 25.4. The monoisotopic (exact) mass is 298 g/mol. The Morgan fingerprint density at radius 3 is 2.85 bits per heavy atom. The van der Waals surface area contributed by atoms with Gasteiger partial charge in [0.05, 0.1) is 17.4 Å². The van der Waals surface area contributed by atoms with Crippen LogP contribution in [0.25, 0.3) is 0 Å². The third-order valence-electron chi connectivity index (χ3n) is 3.46. The van der Waals surface area contributed by atoms with Crippen LogP contribution in [0.4, 0.5) is 5.69 Å². The molecule has 0 unspecified atom stereocenters. The average Bonchev–Trinajstić information content (AvgIpc) is 2.79. The van der Waals surface area contributed by atoms with E-state index in [9.17, 15) is 19.8 Å². The number of thiophene rings is 1. The average molecular weight is 298 g/mol. The third-order valence-corrected chi connectivity index (χ3v) is 4.36. The first-order valence-corrected chi connectivity index (χ1v) is 7.24. The van der Waals surface area contributed by atoms with Gasteiger partial charge >= 0.3 is 0 Å². The van der Waals surface area contributed by atoms with E-state index in [0.29, 0.717) is 23.5 Å². The Morgan fingerprint density at radius 2 is 2.25 bits per heavy atom. The van der Waals surface area contributed by atoms with Gasteiger partial charge in [-0.2, -0.15) is 0 Å². The summed E-state index contributed by atoms with van der Waals surface area (Å²) in [6.07, 6.45) is -0.648. The van der Waals surface area contributed by atoms with Crippen molar-refractivity contribution in [2.24, 2.45) is 0 Å². The number of carbonyl (C=O) groups excluding carboxylic acids is 2. The van der Waals surface area contributed by atoms with Gasteiger partial charge in [0.1, 0.15) is 4.88 Å². The van der Waals surface area contributed by atoms with E-state index in [4.69, 9.17) is 0 Å². The van der Waals surface area contributed by atoms with Crippen LogP contribution >= 0.6 is 11.3 Å². The fourth-order valence-corrected chi connectivity index (χ4v) is 2.93. The molecule has 2 amide bonds. The van der Waals surface area contributed by atoms with Gasteiger partial charge in [-0.15, -0.1) is 11.3 Å². The summed E-state index contributed by atoms with van der Waals surface area (Å²) in [6.45, 7) is 3.41. The summed E-state index contributed by atoms with van der Waals surface area (Å²) in [5.41, 5.74) is -0.675. The van der Waals surface area contributed by atoms with Crippen molar-refractivity contribution in [3.8, 4) is 0 Å². The molecule has 2 heterocycles. The van der Waals surface area contributed by atoms with Gasteiger partial charge < -0.3 is 20.4 Å². The van der Waals surface area contributed by atoms with Crippen LogP contribution in [-0.2, 0) is 4.79 Å². The normalized spacial score (nSPS) is 26.4. The molecule has 6 nitrogen and oxygen atoms in total. The second-order valence-electron chi connectivity index (χ2n) is 5.22. The molecule has 1 aromatic heterocycles. The Labute approximate surface area is 121 Å². The van der Waals surface area contributed by atoms with Gasteiger partial charge in [0.25, 0.3) is 5.91 Å². The molecular weight excluding hydrogens is 280 g/mol. The Kier molecular flexibility index (Phi) is 4.12. The highest BCUT2D eigenvalue weighted by molar-refractivity contribution is 7.12. The Balaban J connectivity index is 2.13. The van der Waals surface area contributed by atoms with E-state index in [1.807, 2.05) is 0 Å². The molecule has 3 N–H and O–H groups in total. The number of anilines is 1. The smallest absolute Gasteiger partial charge is 0.266 e. The largest absolute Gasteiger partial charge is 0.388 e. The summed E-state index contributed by atoms with van der Waals surface area (Å²) in [5, 5.41) is 24.1. The lowest BCUT2D eigenvalue weighted by molar-refractivity contribution is -0.114. The molecule has 0 saturated carbocycles. The van der Waals surface area contributed by atoms with Crippen LogP contribution in [0.3, 0.4) is 0 Å². The number of amides is 2. The molecule has 0 spiro atoms. The van der Waals surface area contributed by atoms with Gasteiger partial charge in [-0.1, -0.05) is 0 Å². The number of aliphatic hydroxyl groups is 2. The van der Waals surface area contributed by atoms with Gasteiger partial charge in [0.15, 0.2) is 0 Å². The van der Waals surface area contributed by atoms with Gasteiger partial charge in [-0.05, 0) is 24.8 Å². The number of β-amino-alcohol motifs (C(OH)–C–C–N with tert-alkyl or cyclic N) is 1. The zero-order valence-corrected chi connectivity index (χ0v) is 12.2. The van der Waals surface area contributed by atoms with Crippen molar-refractivity contribution in [2.45, 2.75) is 32.0 Å². The number of likely N-dealkylation sites (tertiary alicyclic amines) is 1. The maximum absolute atomic E-state index is 12.4. The Hall–Kier alpha value is -1.44. The molecular formula is C13H18N2O4S. The highest BCUT2D eigenvalue weighted by Crippen LogP contribution is 2.28. The molecule has 1 aromatic rings. The first-order valence-electron chi connectivity index (χ1n) is 6.36. The quantitative estimate of drug-likeness (QED) is 0.748. The molecule has 1 aliphatic heterocycles. The molecule has 0 aromatic carbocycles. The lowest BCUT2D eigenvalue weighted by Crippen LogP contribution is -2.55. The summed E-state index contributed by atoms with van der Waals surface area (Å²) in [6, 6.07) is 1.68. The summed E-state index contributed by atoms with van der Waals surface area (Å²) >= 11 is 1.24. The molecule has 0 radical (unpaired) electrons. The van der Waals surface area contributed by atoms with E-state index < -0.39 is 11.7 Å². The second kappa shape index (κ2) is 5.51. The number of nitrogens with zero attached hydrogens (tertiary/aromatic N) is 1. The van der Waals surface area contributed by atoms with E-state index in [1.54, 1.807) is 18.4 Å². The zero-order chi connectivity index (χ0) is 14.9. The third kappa shape index (κ3) is 3.00. The maximum Gasteiger partial charge on any atom is 0.266 e. The van der Waals surface area contributed by atoms with E-state index in [0.717, 1.165) is 0 Å². The maximum atomic E-state index is 12.4. The van der Waals surface area contributed by atoms with E-state index in [2.05, 4.69) is 5.32 Å². The van der Waals surface area contributed by atoms with Crippen LogP contribution in [0.2, 0.25) is 0 Å². The SMILES string of the molecule is CC(=O)Nc1ccsc1C(=O)N1CC[C@](C)(O)[C@H](O)C1.